The van der Waals surface area contributed by atoms with E-state index in [1.54, 1.807) is 4.90 Å². The number of carbonyl (C=O) groups is 1. The van der Waals surface area contributed by atoms with E-state index in [1.807, 2.05) is 37.3 Å². The Morgan fingerprint density at radius 1 is 1.12 bits per heavy atom. The van der Waals surface area contributed by atoms with Crippen LogP contribution in [0.25, 0.3) is 0 Å². The molecule has 1 aliphatic heterocycles. The van der Waals surface area contributed by atoms with Gasteiger partial charge >= 0.3 is 0 Å². The zero-order valence-electron chi connectivity index (χ0n) is 14.2. The smallest absolute Gasteiger partial charge is 0.222 e. The summed E-state index contributed by atoms with van der Waals surface area (Å²) in [5.41, 5.74) is 0. The van der Waals surface area contributed by atoms with Crippen LogP contribution in [0, 0.1) is 0 Å². The molecule has 1 heterocycles. The number of benzene rings is 1. The summed E-state index contributed by atoms with van der Waals surface area (Å²) in [6, 6.07) is 9.52. The minimum absolute atomic E-state index is 0.0687. The maximum Gasteiger partial charge on any atom is 0.222 e. The van der Waals surface area contributed by atoms with Gasteiger partial charge in [0.05, 0.1) is 12.4 Å². The number of hydrogen-bond donors (Lipinski definition) is 0. The van der Waals surface area contributed by atoms with Crippen LogP contribution in [-0.4, -0.2) is 62.1 Å². The summed E-state index contributed by atoms with van der Waals surface area (Å²) >= 11 is 0. The molecule has 1 saturated heterocycles. The molecule has 134 valence electrons. The van der Waals surface area contributed by atoms with Gasteiger partial charge in [0.25, 0.3) is 0 Å². The van der Waals surface area contributed by atoms with Crippen LogP contribution in [0.3, 0.4) is 0 Å². The second-order valence-electron chi connectivity index (χ2n) is 5.86. The van der Waals surface area contributed by atoms with E-state index in [0.717, 1.165) is 5.75 Å². The van der Waals surface area contributed by atoms with E-state index in [-0.39, 0.29) is 11.7 Å². The third-order valence-corrected chi connectivity index (χ3v) is 6.07. The maximum absolute atomic E-state index is 12.2. The van der Waals surface area contributed by atoms with Gasteiger partial charge in [0.1, 0.15) is 5.75 Å². The average Bonchev–Trinajstić information content (AvgIpc) is 2.59. The quantitative estimate of drug-likeness (QED) is 0.667. The molecule has 0 bridgehead atoms. The van der Waals surface area contributed by atoms with Crippen molar-refractivity contribution >= 4 is 15.9 Å². The monoisotopic (exact) mass is 354 g/mol. The molecule has 0 spiro atoms. The highest BCUT2D eigenvalue weighted by Crippen LogP contribution is 2.12. The van der Waals surface area contributed by atoms with Crippen LogP contribution in [0.1, 0.15) is 26.2 Å². The van der Waals surface area contributed by atoms with Crippen LogP contribution in [0.5, 0.6) is 5.75 Å². The minimum Gasteiger partial charge on any atom is -0.494 e. The van der Waals surface area contributed by atoms with Crippen molar-refractivity contribution in [1.82, 2.24) is 9.21 Å². The summed E-state index contributed by atoms with van der Waals surface area (Å²) < 4.78 is 31.1. The van der Waals surface area contributed by atoms with Gasteiger partial charge in [-0.2, -0.15) is 4.31 Å². The number of nitrogens with zero attached hydrogens (tertiary/aromatic N) is 2. The van der Waals surface area contributed by atoms with Gasteiger partial charge in [0.15, 0.2) is 0 Å². The third kappa shape index (κ3) is 5.49. The first-order valence-electron chi connectivity index (χ1n) is 8.46. The Hall–Kier alpha value is -1.60. The summed E-state index contributed by atoms with van der Waals surface area (Å²) in [6.07, 6.45) is 1.69. The van der Waals surface area contributed by atoms with Gasteiger partial charge in [-0.05, 0) is 25.0 Å². The van der Waals surface area contributed by atoms with Crippen molar-refractivity contribution in [2.45, 2.75) is 26.2 Å². The number of hydrogen-bond acceptors (Lipinski definition) is 4. The van der Waals surface area contributed by atoms with Crippen molar-refractivity contribution in [2.75, 3.05) is 38.5 Å². The Morgan fingerprint density at radius 2 is 1.79 bits per heavy atom. The fourth-order valence-electron chi connectivity index (χ4n) is 2.69. The van der Waals surface area contributed by atoms with Crippen LogP contribution < -0.4 is 4.74 Å². The molecule has 1 amide bonds. The minimum atomic E-state index is -3.16. The van der Waals surface area contributed by atoms with E-state index in [0.29, 0.717) is 52.0 Å². The van der Waals surface area contributed by atoms with Gasteiger partial charge in [-0.3, -0.25) is 4.79 Å². The van der Waals surface area contributed by atoms with Gasteiger partial charge in [-0.1, -0.05) is 25.1 Å². The van der Waals surface area contributed by atoms with Crippen LogP contribution >= 0.6 is 0 Å². The molecule has 0 atom stereocenters. The number of amides is 1. The van der Waals surface area contributed by atoms with E-state index in [4.69, 9.17) is 4.74 Å². The lowest BCUT2D eigenvalue weighted by atomic mass is 10.2. The van der Waals surface area contributed by atoms with Crippen molar-refractivity contribution in [3.63, 3.8) is 0 Å². The highest BCUT2D eigenvalue weighted by atomic mass is 32.2. The van der Waals surface area contributed by atoms with Gasteiger partial charge in [0.2, 0.25) is 15.9 Å². The highest BCUT2D eigenvalue weighted by Gasteiger charge is 2.27. The summed E-state index contributed by atoms with van der Waals surface area (Å²) in [5, 5.41) is 0. The molecule has 24 heavy (non-hydrogen) atoms. The van der Waals surface area contributed by atoms with Crippen molar-refractivity contribution < 1.29 is 17.9 Å². The molecular weight excluding hydrogens is 328 g/mol. The topological polar surface area (TPSA) is 66.9 Å². The van der Waals surface area contributed by atoms with Gasteiger partial charge in [0, 0.05) is 32.6 Å². The molecule has 0 aromatic heterocycles. The normalized spacial score (nSPS) is 16.1. The lowest BCUT2D eigenvalue weighted by molar-refractivity contribution is -0.132. The second-order valence-corrected chi connectivity index (χ2v) is 7.95. The summed E-state index contributed by atoms with van der Waals surface area (Å²) in [7, 11) is -3.16. The van der Waals surface area contributed by atoms with Crippen LogP contribution in [0.4, 0.5) is 0 Å². The zero-order valence-corrected chi connectivity index (χ0v) is 15.0. The average molecular weight is 354 g/mol. The van der Waals surface area contributed by atoms with Gasteiger partial charge in [-0.25, -0.2) is 8.42 Å². The first-order valence-corrected chi connectivity index (χ1v) is 10.1. The lowest BCUT2D eigenvalue weighted by Gasteiger charge is -2.34. The first-order chi connectivity index (χ1) is 11.5. The van der Waals surface area contributed by atoms with Crippen LogP contribution in [0.2, 0.25) is 0 Å². The predicted octanol–water partition coefficient (Wildman–Crippen LogP) is 1.73. The van der Waals surface area contributed by atoms with Crippen molar-refractivity contribution in [3.8, 4) is 5.75 Å². The second kappa shape index (κ2) is 9.03. The first kappa shape index (κ1) is 18.7. The fraction of sp³-hybridized carbons (Fsp3) is 0.588. The highest BCUT2D eigenvalue weighted by molar-refractivity contribution is 7.89. The molecule has 6 nitrogen and oxygen atoms in total. The number of para-hydroxylation sites is 1. The lowest BCUT2D eigenvalue weighted by Crippen LogP contribution is -2.51. The Morgan fingerprint density at radius 3 is 2.42 bits per heavy atom. The number of ether oxygens (including phenoxy) is 1. The van der Waals surface area contributed by atoms with Crippen molar-refractivity contribution in [2.24, 2.45) is 0 Å². The Labute approximate surface area is 144 Å². The summed E-state index contributed by atoms with van der Waals surface area (Å²) in [6.45, 7) is 4.10. The van der Waals surface area contributed by atoms with Gasteiger partial charge in [-0.15, -0.1) is 0 Å². The van der Waals surface area contributed by atoms with Crippen LogP contribution in [-0.2, 0) is 14.8 Å². The number of piperazine rings is 1. The molecule has 7 heteroatoms. The SMILES string of the molecule is CCCS(=O)(=O)N1CCN(C(=O)CCCOc2ccccc2)CC1. The molecule has 1 aromatic rings. The summed E-state index contributed by atoms with van der Waals surface area (Å²) in [4.78, 5) is 13.9. The predicted molar refractivity (Wildman–Crippen MR) is 93.4 cm³/mol. The molecular formula is C17H26N2O4S. The molecule has 0 saturated carbocycles. The molecule has 0 unspecified atom stereocenters. The van der Waals surface area contributed by atoms with Crippen molar-refractivity contribution in [1.29, 1.82) is 0 Å². The number of carbonyl (C=O) groups excluding carboxylic acids is 1. The van der Waals surface area contributed by atoms with Crippen LogP contribution in [0.15, 0.2) is 30.3 Å². The largest absolute Gasteiger partial charge is 0.494 e. The van der Waals surface area contributed by atoms with E-state index in [9.17, 15) is 13.2 Å². The maximum atomic E-state index is 12.2. The molecule has 0 N–H and O–H groups in total. The summed E-state index contributed by atoms with van der Waals surface area (Å²) in [5.74, 6) is 1.05. The fourth-order valence-corrected chi connectivity index (χ4v) is 4.18. The van der Waals surface area contributed by atoms with E-state index < -0.39 is 10.0 Å². The third-order valence-electron chi connectivity index (χ3n) is 3.99. The van der Waals surface area contributed by atoms with Gasteiger partial charge < -0.3 is 9.64 Å². The Kier molecular flexibility index (Phi) is 7.05. The molecule has 0 aliphatic carbocycles. The van der Waals surface area contributed by atoms with E-state index in [1.165, 1.54) is 4.31 Å². The molecule has 1 aliphatic rings. The van der Waals surface area contributed by atoms with E-state index in [2.05, 4.69) is 0 Å². The van der Waals surface area contributed by atoms with E-state index >= 15 is 0 Å². The number of sulfonamides is 1. The molecule has 0 radical (unpaired) electrons. The standard InChI is InChI=1S/C17H26N2O4S/c1-2-15-24(21,22)19-12-10-18(11-13-19)17(20)9-6-14-23-16-7-4-3-5-8-16/h3-5,7-8H,2,6,9-15H2,1H3. The Balaban J connectivity index is 1.67. The molecule has 1 aromatic carbocycles. The molecule has 2 rings (SSSR count). The molecule has 1 fully saturated rings. The zero-order chi connectivity index (χ0) is 17.4. The van der Waals surface area contributed by atoms with Crippen molar-refractivity contribution in [3.05, 3.63) is 30.3 Å². The Bertz CT molecular complexity index is 611. The number of rotatable bonds is 8.